The maximum absolute atomic E-state index is 12.5. The summed E-state index contributed by atoms with van der Waals surface area (Å²) in [6.45, 7) is 7.04. The Morgan fingerprint density at radius 2 is 2.14 bits per heavy atom. The predicted molar refractivity (Wildman–Crippen MR) is 87.0 cm³/mol. The zero-order valence-electron chi connectivity index (χ0n) is 13.6. The molecule has 2 atom stereocenters. The number of fused-ring (bicyclic) bond motifs is 1. The zero-order valence-corrected chi connectivity index (χ0v) is 13.6. The Bertz CT molecular complexity index is 531. The first kappa shape index (κ1) is 16.8. The van der Waals surface area contributed by atoms with Crippen LogP contribution in [-0.4, -0.2) is 30.2 Å². The van der Waals surface area contributed by atoms with Gasteiger partial charge in [0.1, 0.15) is 5.75 Å². The lowest BCUT2D eigenvalue weighted by Crippen LogP contribution is -2.48. The summed E-state index contributed by atoms with van der Waals surface area (Å²) in [5.41, 5.74) is 7.03. The van der Waals surface area contributed by atoms with E-state index in [0.717, 1.165) is 17.7 Å². The highest BCUT2D eigenvalue weighted by molar-refractivity contribution is 6.00. The van der Waals surface area contributed by atoms with Gasteiger partial charge in [-0.05, 0) is 49.9 Å². The van der Waals surface area contributed by atoms with Crippen molar-refractivity contribution in [1.29, 1.82) is 0 Å². The van der Waals surface area contributed by atoms with Crippen molar-refractivity contribution in [1.82, 2.24) is 0 Å². The van der Waals surface area contributed by atoms with Crippen LogP contribution in [-0.2, 0) is 4.79 Å². The number of anilines is 1. The minimum atomic E-state index is -0.564. The van der Waals surface area contributed by atoms with Gasteiger partial charge in [-0.3, -0.25) is 4.79 Å². The Morgan fingerprint density at radius 1 is 1.41 bits per heavy atom. The second kappa shape index (κ2) is 7.11. The number of carbonyl (C=O) groups is 1. The molecule has 2 rings (SSSR count). The lowest BCUT2D eigenvalue weighted by atomic mass is 10.00. The van der Waals surface area contributed by atoms with Crippen LogP contribution < -0.4 is 15.4 Å². The molecular formula is C17H26N2O3. The van der Waals surface area contributed by atoms with Crippen LogP contribution in [0.4, 0.5) is 5.69 Å². The second-order valence-electron chi connectivity index (χ2n) is 6.04. The number of likely N-dealkylation sites (N-methyl/N-ethyl adjacent to an activating group) is 1. The molecular weight excluding hydrogens is 280 g/mol. The topological polar surface area (TPSA) is 75.8 Å². The number of hydrogen-bond donors (Lipinski definition) is 2. The summed E-state index contributed by atoms with van der Waals surface area (Å²) in [6.07, 6.45) is 0.372. The van der Waals surface area contributed by atoms with Crippen LogP contribution in [0, 0.1) is 5.92 Å². The van der Waals surface area contributed by atoms with Crippen LogP contribution in [0.15, 0.2) is 18.2 Å². The molecule has 3 N–H and O–H groups in total. The fourth-order valence-electron chi connectivity index (χ4n) is 2.74. The van der Waals surface area contributed by atoms with Gasteiger partial charge in [-0.15, -0.1) is 0 Å². The molecule has 1 aliphatic heterocycles. The summed E-state index contributed by atoms with van der Waals surface area (Å²) in [6, 6.07) is 5.57. The van der Waals surface area contributed by atoms with Gasteiger partial charge < -0.3 is 20.5 Å². The average Bonchev–Trinajstić information content (AvgIpc) is 2.51. The van der Waals surface area contributed by atoms with Crippen molar-refractivity contribution in [3.05, 3.63) is 23.8 Å². The number of benzene rings is 1. The van der Waals surface area contributed by atoms with E-state index < -0.39 is 12.2 Å². The first-order chi connectivity index (χ1) is 10.5. The SMILES string of the molecule is CCN1C(=O)C(C(C)C)Oc2ccc(C(O)CCCN)cc21. The van der Waals surface area contributed by atoms with Gasteiger partial charge in [-0.2, -0.15) is 0 Å². The molecule has 0 spiro atoms. The fourth-order valence-corrected chi connectivity index (χ4v) is 2.74. The zero-order chi connectivity index (χ0) is 16.3. The molecule has 2 unspecified atom stereocenters. The highest BCUT2D eigenvalue weighted by Crippen LogP contribution is 2.38. The molecule has 1 amide bonds. The van der Waals surface area contributed by atoms with Crippen LogP contribution >= 0.6 is 0 Å². The number of nitrogens with zero attached hydrogens (tertiary/aromatic N) is 1. The van der Waals surface area contributed by atoms with Crippen molar-refractivity contribution in [2.45, 2.75) is 45.8 Å². The lowest BCUT2D eigenvalue weighted by Gasteiger charge is -2.36. The molecule has 1 aliphatic rings. The highest BCUT2D eigenvalue weighted by atomic mass is 16.5. The number of ether oxygens (including phenoxy) is 1. The van der Waals surface area contributed by atoms with E-state index in [1.54, 1.807) is 4.90 Å². The van der Waals surface area contributed by atoms with Crippen molar-refractivity contribution in [2.75, 3.05) is 18.0 Å². The van der Waals surface area contributed by atoms with Crippen molar-refractivity contribution < 1.29 is 14.6 Å². The fraction of sp³-hybridized carbons (Fsp3) is 0.588. The molecule has 0 saturated heterocycles. The largest absolute Gasteiger partial charge is 0.478 e. The van der Waals surface area contributed by atoms with Gasteiger partial charge in [0.15, 0.2) is 6.10 Å². The molecule has 1 aromatic carbocycles. The third kappa shape index (κ3) is 3.25. The molecule has 0 fully saturated rings. The minimum Gasteiger partial charge on any atom is -0.478 e. The Hall–Kier alpha value is -1.59. The summed E-state index contributed by atoms with van der Waals surface area (Å²) in [5.74, 6) is 0.804. The van der Waals surface area contributed by atoms with Crippen molar-refractivity contribution in [3.8, 4) is 5.75 Å². The number of aliphatic hydroxyl groups excluding tert-OH is 1. The molecule has 0 bridgehead atoms. The van der Waals surface area contributed by atoms with Crippen molar-refractivity contribution in [2.24, 2.45) is 11.7 Å². The molecule has 22 heavy (non-hydrogen) atoms. The molecule has 5 nitrogen and oxygen atoms in total. The molecule has 0 aliphatic carbocycles. The highest BCUT2D eigenvalue weighted by Gasteiger charge is 2.35. The predicted octanol–water partition coefficient (Wildman–Crippen LogP) is 2.23. The van der Waals surface area contributed by atoms with Gasteiger partial charge in [0, 0.05) is 6.54 Å². The smallest absolute Gasteiger partial charge is 0.268 e. The number of amides is 1. The Kier molecular flexibility index (Phi) is 5.42. The monoisotopic (exact) mass is 306 g/mol. The van der Waals surface area contributed by atoms with E-state index in [4.69, 9.17) is 10.5 Å². The van der Waals surface area contributed by atoms with Crippen LogP contribution in [0.5, 0.6) is 5.75 Å². The van der Waals surface area contributed by atoms with Crippen LogP contribution in [0.2, 0.25) is 0 Å². The summed E-state index contributed by atoms with van der Waals surface area (Å²) in [7, 11) is 0. The molecule has 1 heterocycles. The van der Waals surface area contributed by atoms with Crippen LogP contribution in [0.1, 0.15) is 45.3 Å². The van der Waals surface area contributed by atoms with Gasteiger partial charge >= 0.3 is 0 Å². The van der Waals surface area contributed by atoms with E-state index >= 15 is 0 Å². The molecule has 0 aromatic heterocycles. The standard InChI is InChI=1S/C17H26N2O3/c1-4-19-13-10-12(14(20)6-5-9-18)7-8-15(13)22-16(11(2)3)17(19)21/h7-8,10-11,14,16,20H,4-6,9,18H2,1-3H3. The Morgan fingerprint density at radius 3 is 2.73 bits per heavy atom. The van der Waals surface area contributed by atoms with E-state index in [1.807, 2.05) is 39.0 Å². The third-order valence-electron chi connectivity index (χ3n) is 4.03. The van der Waals surface area contributed by atoms with Crippen LogP contribution in [0.25, 0.3) is 0 Å². The van der Waals surface area contributed by atoms with E-state index in [1.165, 1.54) is 0 Å². The van der Waals surface area contributed by atoms with E-state index in [-0.39, 0.29) is 11.8 Å². The van der Waals surface area contributed by atoms with E-state index in [0.29, 0.717) is 25.3 Å². The molecule has 1 aromatic rings. The first-order valence-electron chi connectivity index (χ1n) is 7.99. The van der Waals surface area contributed by atoms with Gasteiger partial charge in [0.25, 0.3) is 5.91 Å². The van der Waals surface area contributed by atoms with Crippen molar-refractivity contribution >= 4 is 11.6 Å². The normalized spacial score (nSPS) is 19.1. The van der Waals surface area contributed by atoms with Crippen molar-refractivity contribution in [3.63, 3.8) is 0 Å². The average molecular weight is 306 g/mol. The minimum absolute atomic E-state index is 0.0152. The molecule has 122 valence electrons. The molecule has 5 heteroatoms. The number of carbonyl (C=O) groups excluding carboxylic acids is 1. The van der Waals surface area contributed by atoms with Crippen LogP contribution in [0.3, 0.4) is 0 Å². The molecule has 0 radical (unpaired) electrons. The number of aliphatic hydroxyl groups is 1. The number of nitrogens with two attached hydrogens (primary N) is 1. The number of hydrogen-bond acceptors (Lipinski definition) is 4. The summed E-state index contributed by atoms with van der Waals surface area (Å²) in [5, 5.41) is 10.2. The molecule has 0 saturated carbocycles. The maximum Gasteiger partial charge on any atom is 0.268 e. The van der Waals surface area contributed by atoms with Gasteiger partial charge in [-0.25, -0.2) is 0 Å². The quantitative estimate of drug-likeness (QED) is 0.845. The second-order valence-corrected chi connectivity index (χ2v) is 6.04. The summed E-state index contributed by atoms with van der Waals surface area (Å²) < 4.78 is 5.86. The number of rotatable bonds is 6. The summed E-state index contributed by atoms with van der Waals surface area (Å²) >= 11 is 0. The first-order valence-corrected chi connectivity index (χ1v) is 7.99. The third-order valence-corrected chi connectivity index (χ3v) is 4.03. The van der Waals surface area contributed by atoms with Gasteiger partial charge in [0.2, 0.25) is 0 Å². The maximum atomic E-state index is 12.5. The Labute approximate surface area is 132 Å². The van der Waals surface area contributed by atoms with E-state index in [2.05, 4.69) is 0 Å². The van der Waals surface area contributed by atoms with Gasteiger partial charge in [0.05, 0.1) is 11.8 Å². The summed E-state index contributed by atoms with van der Waals surface area (Å²) in [4.78, 5) is 14.3. The van der Waals surface area contributed by atoms with E-state index in [9.17, 15) is 9.90 Å². The van der Waals surface area contributed by atoms with Gasteiger partial charge in [-0.1, -0.05) is 19.9 Å². The lowest BCUT2D eigenvalue weighted by molar-refractivity contribution is -0.128. The Balaban J connectivity index is 2.32.